The largest absolute Gasteiger partial charge is 0.573 e. The summed E-state index contributed by atoms with van der Waals surface area (Å²) in [4.78, 5) is 26.5. The molecule has 4 rings (SSSR count). The smallest absolute Gasteiger partial charge is 0.406 e. The molecule has 2 bridgehead atoms. The van der Waals surface area contributed by atoms with Gasteiger partial charge in [0.25, 0.3) is 0 Å². The fraction of sp³-hybridized carbons (Fsp3) is 0.412. The lowest BCUT2D eigenvalue weighted by atomic mass is 9.82. The molecule has 1 saturated heterocycles. The van der Waals surface area contributed by atoms with E-state index in [9.17, 15) is 22.8 Å². The van der Waals surface area contributed by atoms with Crippen molar-refractivity contribution >= 4 is 17.5 Å². The number of fused-ring (bicyclic) bond motifs is 5. The number of nitrogens with zero attached hydrogens (tertiary/aromatic N) is 1. The summed E-state index contributed by atoms with van der Waals surface area (Å²) < 4.78 is 40.4. The van der Waals surface area contributed by atoms with Gasteiger partial charge in [-0.05, 0) is 49.4 Å². The molecule has 2 aliphatic carbocycles. The Kier molecular flexibility index (Phi) is 3.07. The van der Waals surface area contributed by atoms with Crippen LogP contribution >= 0.6 is 0 Å². The van der Waals surface area contributed by atoms with E-state index in [0.29, 0.717) is 0 Å². The van der Waals surface area contributed by atoms with Gasteiger partial charge in [0, 0.05) is 0 Å². The van der Waals surface area contributed by atoms with Crippen molar-refractivity contribution in [3.8, 4) is 5.75 Å². The van der Waals surface area contributed by atoms with Gasteiger partial charge in [0.15, 0.2) is 0 Å². The normalized spacial score (nSPS) is 31.5. The summed E-state index contributed by atoms with van der Waals surface area (Å²) in [6.45, 7) is 1.98. The number of halogens is 3. The number of hydrogen-bond acceptors (Lipinski definition) is 3. The van der Waals surface area contributed by atoms with Crippen LogP contribution in [0.2, 0.25) is 0 Å². The molecule has 1 aromatic rings. The molecule has 0 spiro atoms. The molecule has 126 valence electrons. The van der Waals surface area contributed by atoms with Crippen molar-refractivity contribution in [3.63, 3.8) is 0 Å². The van der Waals surface area contributed by atoms with Gasteiger partial charge < -0.3 is 4.74 Å². The molecule has 4 atom stereocenters. The van der Waals surface area contributed by atoms with Crippen LogP contribution in [0.1, 0.15) is 13.3 Å². The van der Waals surface area contributed by atoms with Gasteiger partial charge in [-0.3, -0.25) is 14.5 Å². The molecular weight excluding hydrogens is 323 g/mol. The number of benzene rings is 1. The standard InChI is InChI=1S/C17H14F3NO3/c1-8-6-9-7-12(8)14-13(9)15(22)21(16(14)23)10-2-4-11(5-3-10)24-17(18,19)20/h2-6,9,12-14H,7H2,1H3/t9-,12+,13+,14+/m1/s1. The van der Waals surface area contributed by atoms with Crippen molar-refractivity contribution in [1.82, 2.24) is 0 Å². The summed E-state index contributed by atoms with van der Waals surface area (Å²) in [7, 11) is 0. The van der Waals surface area contributed by atoms with Gasteiger partial charge in [0.05, 0.1) is 17.5 Å². The van der Waals surface area contributed by atoms with E-state index in [4.69, 9.17) is 0 Å². The number of alkyl halides is 3. The molecule has 1 heterocycles. The van der Waals surface area contributed by atoms with Crippen LogP contribution in [0.25, 0.3) is 0 Å². The Labute approximate surface area is 135 Å². The fourth-order valence-electron chi connectivity index (χ4n) is 4.33. The van der Waals surface area contributed by atoms with E-state index < -0.39 is 6.36 Å². The van der Waals surface area contributed by atoms with Gasteiger partial charge in [0.1, 0.15) is 5.75 Å². The van der Waals surface area contributed by atoms with Crippen molar-refractivity contribution in [2.45, 2.75) is 19.7 Å². The first-order chi connectivity index (χ1) is 11.3. The molecule has 2 fully saturated rings. The zero-order valence-corrected chi connectivity index (χ0v) is 12.7. The lowest BCUT2D eigenvalue weighted by molar-refractivity contribution is -0.274. The lowest BCUT2D eigenvalue weighted by Crippen LogP contribution is -2.32. The average Bonchev–Trinajstić information content (AvgIpc) is 3.10. The van der Waals surface area contributed by atoms with E-state index in [1.54, 1.807) is 0 Å². The van der Waals surface area contributed by atoms with Crippen molar-refractivity contribution < 1.29 is 27.5 Å². The van der Waals surface area contributed by atoms with Crippen LogP contribution in [0.4, 0.5) is 18.9 Å². The number of imide groups is 1. The first-order valence-electron chi connectivity index (χ1n) is 7.68. The van der Waals surface area contributed by atoms with E-state index in [0.717, 1.165) is 29.0 Å². The van der Waals surface area contributed by atoms with E-state index in [-0.39, 0.29) is 46.9 Å². The molecule has 4 nitrogen and oxygen atoms in total. The van der Waals surface area contributed by atoms with Crippen molar-refractivity contribution in [2.24, 2.45) is 23.7 Å². The predicted molar refractivity (Wildman–Crippen MR) is 78.0 cm³/mol. The Balaban J connectivity index is 1.60. The molecule has 1 aromatic carbocycles. The molecular formula is C17H14F3NO3. The average molecular weight is 337 g/mol. The Morgan fingerprint density at radius 1 is 1.08 bits per heavy atom. The highest BCUT2D eigenvalue weighted by molar-refractivity contribution is 6.22. The summed E-state index contributed by atoms with van der Waals surface area (Å²) in [5, 5.41) is 0. The molecule has 3 aliphatic rings. The van der Waals surface area contributed by atoms with Crippen LogP contribution in [0.5, 0.6) is 5.75 Å². The minimum Gasteiger partial charge on any atom is -0.406 e. The predicted octanol–water partition coefficient (Wildman–Crippen LogP) is 3.29. The summed E-state index contributed by atoms with van der Waals surface area (Å²) in [5.41, 5.74) is 1.43. The second kappa shape index (κ2) is 4.84. The molecule has 0 radical (unpaired) electrons. The third-order valence-corrected chi connectivity index (χ3v) is 5.21. The third kappa shape index (κ3) is 2.14. The highest BCUT2D eigenvalue weighted by Gasteiger charge is 2.60. The second-order valence-electron chi connectivity index (χ2n) is 6.52. The van der Waals surface area contributed by atoms with Crippen molar-refractivity contribution in [3.05, 3.63) is 35.9 Å². The van der Waals surface area contributed by atoms with Crippen molar-refractivity contribution in [2.75, 3.05) is 4.90 Å². The summed E-state index contributed by atoms with van der Waals surface area (Å²) in [6.07, 6.45) is -1.87. The van der Waals surface area contributed by atoms with Crippen LogP contribution in [0, 0.1) is 23.7 Å². The first-order valence-corrected chi connectivity index (χ1v) is 7.68. The number of carbonyl (C=O) groups is 2. The van der Waals surface area contributed by atoms with Gasteiger partial charge >= 0.3 is 6.36 Å². The maximum absolute atomic E-state index is 12.7. The van der Waals surface area contributed by atoms with Crippen molar-refractivity contribution in [1.29, 1.82) is 0 Å². The number of ether oxygens (including phenoxy) is 1. The summed E-state index contributed by atoms with van der Waals surface area (Å²) in [5.74, 6) is -1.37. The zero-order chi connectivity index (χ0) is 17.2. The van der Waals surface area contributed by atoms with Gasteiger partial charge in [-0.2, -0.15) is 0 Å². The van der Waals surface area contributed by atoms with Crippen LogP contribution in [0.15, 0.2) is 35.9 Å². The topological polar surface area (TPSA) is 46.6 Å². The molecule has 1 saturated carbocycles. The monoisotopic (exact) mass is 337 g/mol. The van der Waals surface area contributed by atoms with Crippen LogP contribution in [-0.2, 0) is 9.59 Å². The number of rotatable bonds is 2. The highest BCUT2D eigenvalue weighted by Crippen LogP contribution is 2.55. The van der Waals surface area contributed by atoms with Crippen LogP contribution in [-0.4, -0.2) is 18.2 Å². The van der Waals surface area contributed by atoms with Gasteiger partial charge in [-0.15, -0.1) is 13.2 Å². The quantitative estimate of drug-likeness (QED) is 0.615. The maximum Gasteiger partial charge on any atom is 0.573 e. The molecule has 0 aromatic heterocycles. The molecule has 1 aliphatic heterocycles. The molecule has 0 unspecified atom stereocenters. The van der Waals surface area contributed by atoms with Gasteiger partial charge in [0.2, 0.25) is 11.8 Å². The van der Waals surface area contributed by atoms with E-state index in [1.165, 1.54) is 12.1 Å². The third-order valence-electron chi connectivity index (χ3n) is 5.21. The number of hydrogen-bond donors (Lipinski definition) is 0. The Hall–Kier alpha value is -2.31. The molecule has 0 N–H and O–H groups in total. The van der Waals surface area contributed by atoms with E-state index in [1.807, 2.05) is 6.92 Å². The van der Waals surface area contributed by atoms with Gasteiger partial charge in [-0.1, -0.05) is 11.6 Å². The SMILES string of the molecule is CC1=C[C@@H]2C[C@@H]1[C@@H]1C(=O)N(c3ccc(OC(F)(F)F)cc3)C(=O)[C@H]12. The Bertz CT molecular complexity index is 753. The maximum atomic E-state index is 12.7. The molecule has 7 heteroatoms. The molecule has 24 heavy (non-hydrogen) atoms. The second-order valence-corrected chi connectivity index (χ2v) is 6.52. The zero-order valence-electron chi connectivity index (χ0n) is 12.7. The summed E-state index contributed by atoms with van der Waals surface area (Å²) >= 11 is 0. The molecule has 2 amide bonds. The lowest BCUT2D eigenvalue weighted by Gasteiger charge is -2.19. The van der Waals surface area contributed by atoms with Crippen LogP contribution < -0.4 is 9.64 Å². The number of allylic oxidation sites excluding steroid dienone is 2. The summed E-state index contributed by atoms with van der Waals surface area (Å²) in [6, 6.07) is 4.82. The highest BCUT2D eigenvalue weighted by atomic mass is 19.4. The minimum absolute atomic E-state index is 0.0919. The first kappa shape index (κ1) is 15.2. The van der Waals surface area contributed by atoms with Gasteiger partial charge in [-0.25, -0.2) is 0 Å². The Morgan fingerprint density at radius 2 is 1.71 bits per heavy atom. The van der Waals surface area contributed by atoms with E-state index >= 15 is 0 Å². The fourth-order valence-corrected chi connectivity index (χ4v) is 4.33. The minimum atomic E-state index is -4.78. The Morgan fingerprint density at radius 3 is 2.33 bits per heavy atom. The number of amides is 2. The number of carbonyl (C=O) groups excluding carboxylic acids is 2. The van der Waals surface area contributed by atoms with Crippen LogP contribution in [0.3, 0.4) is 0 Å². The van der Waals surface area contributed by atoms with E-state index in [2.05, 4.69) is 10.8 Å². The number of anilines is 1.